The Balaban J connectivity index is 1.26. The lowest BCUT2D eigenvalue weighted by molar-refractivity contribution is 0.272. The van der Waals surface area contributed by atoms with Crippen molar-refractivity contribution in [1.82, 2.24) is 5.01 Å². The average molecular weight is 371 g/mol. The van der Waals surface area contributed by atoms with Gasteiger partial charge in [-0.2, -0.15) is 5.10 Å². The number of hydrogen-bond donors (Lipinski definition) is 0. The van der Waals surface area contributed by atoms with E-state index in [1.54, 1.807) is 0 Å². The minimum absolute atomic E-state index is 0.583. The number of ether oxygens (including phenoxy) is 1. The largest absolute Gasteiger partial charge is 0.489 e. The van der Waals surface area contributed by atoms with Crippen LogP contribution in [0.4, 0.5) is 5.69 Å². The van der Waals surface area contributed by atoms with E-state index in [-0.39, 0.29) is 0 Å². The molecular weight excluding hydrogens is 346 g/mol. The fraction of sp³-hybridized carbons (Fsp3) is 0.208. The molecule has 0 unspecified atom stereocenters. The van der Waals surface area contributed by atoms with Crippen molar-refractivity contribution in [2.45, 2.75) is 6.61 Å². The number of piperazine rings is 1. The highest BCUT2D eigenvalue weighted by atomic mass is 16.5. The molecule has 4 heteroatoms. The van der Waals surface area contributed by atoms with Gasteiger partial charge in [0.05, 0.1) is 19.3 Å². The van der Waals surface area contributed by atoms with Crippen LogP contribution in [0, 0.1) is 0 Å². The van der Waals surface area contributed by atoms with E-state index in [0.717, 1.165) is 37.5 Å². The van der Waals surface area contributed by atoms with Gasteiger partial charge < -0.3 is 9.64 Å². The van der Waals surface area contributed by atoms with Gasteiger partial charge in [-0.25, -0.2) is 0 Å². The van der Waals surface area contributed by atoms with Gasteiger partial charge in [0.1, 0.15) is 12.4 Å². The van der Waals surface area contributed by atoms with Crippen molar-refractivity contribution in [3.8, 4) is 5.75 Å². The fourth-order valence-electron chi connectivity index (χ4n) is 3.25. The standard InChI is InChI=1S/C24H25N3O/c1-3-7-22(8-4-1)20-28-24-13-11-21(12-14-24)19-25-27-17-15-26(16-18-27)23-9-5-2-6-10-23/h1-14,19H,15-18,20H2/b25-19-. The van der Waals surface area contributed by atoms with Crippen LogP contribution in [0.5, 0.6) is 5.75 Å². The van der Waals surface area contributed by atoms with Gasteiger partial charge in [-0.05, 0) is 47.5 Å². The third-order valence-electron chi connectivity index (χ3n) is 4.88. The molecule has 0 amide bonds. The number of hydrazone groups is 1. The third kappa shape index (κ3) is 4.92. The molecule has 1 heterocycles. The number of benzene rings is 3. The van der Waals surface area contributed by atoms with Gasteiger partial charge in [0.25, 0.3) is 0 Å². The third-order valence-corrected chi connectivity index (χ3v) is 4.88. The van der Waals surface area contributed by atoms with Crippen LogP contribution in [0.3, 0.4) is 0 Å². The van der Waals surface area contributed by atoms with E-state index >= 15 is 0 Å². The zero-order valence-electron chi connectivity index (χ0n) is 15.9. The van der Waals surface area contributed by atoms with Gasteiger partial charge in [-0.15, -0.1) is 0 Å². The van der Waals surface area contributed by atoms with Gasteiger partial charge >= 0.3 is 0 Å². The summed E-state index contributed by atoms with van der Waals surface area (Å²) in [6.45, 7) is 4.44. The first-order valence-electron chi connectivity index (χ1n) is 9.72. The Morgan fingerprint density at radius 2 is 1.39 bits per heavy atom. The summed E-state index contributed by atoms with van der Waals surface area (Å²) in [5, 5.41) is 6.78. The maximum absolute atomic E-state index is 5.83. The average Bonchev–Trinajstić information content (AvgIpc) is 2.79. The predicted octanol–water partition coefficient (Wildman–Crippen LogP) is 4.42. The molecule has 0 bridgehead atoms. The molecule has 142 valence electrons. The zero-order chi connectivity index (χ0) is 19.0. The molecule has 1 saturated heterocycles. The lowest BCUT2D eigenvalue weighted by Gasteiger charge is -2.34. The molecule has 3 aromatic carbocycles. The van der Waals surface area contributed by atoms with E-state index < -0.39 is 0 Å². The van der Waals surface area contributed by atoms with Crippen molar-refractivity contribution < 1.29 is 4.74 Å². The predicted molar refractivity (Wildman–Crippen MR) is 115 cm³/mol. The minimum atomic E-state index is 0.583. The van der Waals surface area contributed by atoms with Crippen molar-refractivity contribution in [3.63, 3.8) is 0 Å². The highest BCUT2D eigenvalue weighted by molar-refractivity contribution is 5.79. The van der Waals surface area contributed by atoms with Crippen molar-refractivity contribution in [2.24, 2.45) is 5.10 Å². The van der Waals surface area contributed by atoms with Crippen LogP contribution in [0.15, 0.2) is 90.0 Å². The van der Waals surface area contributed by atoms with Crippen molar-refractivity contribution in [2.75, 3.05) is 31.1 Å². The smallest absolute Gasteiger partial charge is 0.119 e. The van der Waals surface area contributed by atoms with E-state index in [1.165, 1.54) is 11.3 Å². The second-order valence-corrected chi connectivity index (χ2v) is 6.86. The number of nitrogens with zero attached hydrogens (tertiary/aromatic N) is 3. The van der Waals surface area contributed by atoms with Gasteiger partial charge in [0.15, 0.2) is 0 Å². The summed E-state index contributed by atoms with van der Waals surface area (Å²) in [6, 6.07) is 28.9. The molecule has 0 radical (unpaired) electrons. The second-order valence-electron chi connectivity index (χ2n) is 6.86. The molecule has 0 aromatic heterocycles. The van der Waals surface area contributed by atoms with Crippen LogP contribution in [0.25, 0.3) is 0 Å². The van der Waals surface area contributed by atoms with Crippen molar-refractivity contribution in [1.29, 1.82) is 0 Å². The van der Waals surface area contributed by atoms with Crippen LogP contribution in [0.1, 0.15) is 11.1 Å². The second kappa shape index (κ2) is 9.09. The SMILES string of the molecule is C(=N/N1CCN(c2ccccc2)CC1)/c1ccc(OCc2ccccc2)cc1. The summed E-state index contributed by atoms with van der Waals surface area (Å²) in [7, 11) is 0. The summed E-state index contributed by atoms with van der Waals surface area (Å²) in [5.41, 5.74) is 3.54. The highest BCUT2D eigenvalue weighted by Crippen LogP contribution is 2.16. The Bertz CT molecular complexity index is 871. The number of rotatable bonds is 6. The van der Waals surface area contributed by atoms with Gasteiger partial charge in [0.2, 0.25) is 0 Å². The van der Waals surface area contributed by atoms with Crippen LogP contribution >= 0.6 is 0 Å². The molecule has 3 aromatic rings. The van der Waals surface area contributed by atoms with E-state index in [0.29, 0.717) is 6.61 Å². The topological polar surface area (TPSA) is 28.1 Å². The Labute approximate surface area is 166 Å². The first-order chi connectivity index (χ1) is 13.9. The minimum Gasteiger partial charge on any atom is -0.489 e. The van der Waals surface area contributed by atoms with E-state index in [4.69, 9.17) is 4.74 Å². The Hall–Kier alpha value is -3.27. The highest BCUT2D eigenvalue weighted by Gasteiger charge is 2.15. The zero-order valence-corrected chi connectivity index (χ0v) is 15.9. The molecule has 0 N–H and O–H groups in total. The first kappa shape index (κ1) is 18.1. The van der Waals surface area contributed by atoms with Crippen LogP contribution in [-0.4, -0.2) is 37.4 Å². The van der Waals surface area contributed by atoms with Gasteiger partial charge in [-0.3, -0.25) is 5.01 Å². The molecule has 1 aliphatic rings. The summed E-state index contributed by atoms with van der Waals surface area (Å²) in [4.78, 5) is 2.41. The molecule has 1 fully saturated rings. The molecule has 4 nitrogen and oxygen atoms in total. The van der Waals surface area contributed by atoms with Crippen molar-refractivity contribution in [3.05, 3.63) is 96.1 Å². The Morgan fingerprint density at radius 3 is 2.07 bits per heavy atom. The lowest BCUT2D eigenvalue weighted by Crippen LogP contribution is -2.44. The summed E-state index contributed by atoms with van der Waals surface area (Å²) in [5.74, 6) is 0.873. The number of para-hydroxylation sites is 1. The van der Waals surface area contributed by atoms with Gasteiger partial charge in [-0.1, -0.05) is 48.5 Å². The molecule has 1 aliphatic heterocycles. The maximum atomic E-state index is 5.83. The number of hydrogen-bond acceptors (Lipinski definition) is 4. The van der Waals surface area contributed by atoms with Crippen LogP contribution in [0.2, 0.25) is 0 Å². The monoisotopic (exact) mass is 371 g/mol. The molecule has 0 atom stereocenters. The van der Waals surface area contributed by atoms with Gasteiger partial charge in [0, 0.05) is 18.8 Å². The van der Waals surface area contributed by atoms with Crippen molar-refractivity contribution >= 4 is 11.9 Å². The van der Waals surface area contributed by atoms with E-state index in [2.05, 4.69) is 57.5 Å². The quantitative estimate of drug-likeness (QED) is 0.601. The molecule has 4 rings (SSSR count). The summed E-state index contributed by atoms with van der Waals surface area (Å²) >= 11 is 0. The number of anilines is 1. The fourth-order valence-corrected chi connectivity index (χ4v) is 3.25. The first-order valence-corrected chi connectivity index (χ1v) is 9.72. The normalized spacial score (nSPS) is 14.4. The molecule has 0 aliphatic carbocycles. The van der Waals surface area contributed by atoms with Crippen LogP contribution in [-0.2, 0) is 6.61 Å². The summed E-state index contributed by atoms with van der Waals surface area (Å²) in [6.07, 6.45) is 1.93. The molecular formula is C24H25N3O. The molecule has 0 saturated carbocycles. The van der Waals surface area contributed by atoms with E-state index in [9.17, 15) is 0 Å². The lowest BCUT2D eigenvalue weighted by atomic mass is 10.2. The summed E-state index contributed by atoms with van der Waals surface area (Å²) < 4.78 is 5.83. The van der Waals surface area contributed by atoms with E-state index in [1.807, 2.05) is 48.7 Å². The molecule has 0 spiro atoms. The molecule has 28 heavy (non-hydrogen) atoms. The van der Waals surface area contributed by atoms with Crippen LogP contribution < -0.4 is 9.64 Å². The Kier molecular flexibility index (Phi) is 5.88. The maximum Gasteiger partial charge on any atom is 0.119 e. The Morgan fingerprint density at radius 1 is 0.750 bits per heavy atom.